The minimum Gasteiger partial charge on any atom is -0.336 e. The van der Waals surface area contributed by atoms with Gasteiger partial charge in [0.2, 0.25) is 0 Å². The molecule has 0 saturated carbocycles. The Morgan fingerprint density at radius 3 is 2.50 bits per heavy atom. The molecule has 150 valence electrons. The van der Waals surface area contributed by atoms with Crippen LogP contribution < -0.4 is 0 Å². The van der Waals surface area contributed by atoms with Crippen molar-refractivity contribution in [2.24, 2.45) is 0 Å². The van der Waals surface area contributed by atoms with Gasteiger partial charge in [-0.1, -0.05) is 36.8 Å². The maximum absolute atomic E-state index is 13.6. The van der Waals surface area contributed by atoms with E-state index in [-0.39, 0.29) is 5.91 Å². The third-order valence-corrected chi connectivity index (χ3v) is 6.57. The van der Waals surface area contributed by atoms with Crippen LogP contribution >= 0.6 is 0 Å². The molecule has 4 nitrogen and oxygen atoms in total. The maximum atomic E-state index is 13.6. The van der Waals surface area contributed by atoms with Gasteiger partial charge in [0.25, 0.3) is 5.91 Å². The highest BCUT2D eigenvalue weighted by Crippen LogP contribution is 2.31. The highest BCUT2D eigenvalue weighted by atomic mass is 16.2. The second kappa shape index (κ2) is 8.12. The average molecular weight is 380 g/mol. The van der Waals surface area contributed by atoms with Crippen LogP contribution in [0, 0.1) is 13.8 Å². The van der Waals surface area contributed by atoms with Crippen molar-refractivity contribution in [3.05, 3.63) is 57.9 Å². The fourth-order valence-corrected chi connectivity index (χ4v) is 4.93. The number of hydrogen-bond acceptors (Lipinski definition) is 2. The second-order valence-electron chi connectivity index (χ2n) is 8.41. The Labute approximate surface area is 169 Å². The molecule has 0 bridgehead atoms. The van der Waals surface area contributed by atoms with Crippen molar-refractivity contribution in [3.8, 4) is 0 Å². The molecule has 1 saturated heterocycles. The van der Waals surface area contributed by atoms with E-state index >= 15 is 0 Å². The lowest BCUT2D eigenvalue weighted by molar-refractivity contribution is 0.0632. The van der Waals surface area contributed by atoms with Crippen LogP contribution in [0.3, 0.4) is 0 Å². The number of aryl methyl sites for hydroxylation is 1. The lowest BCUT2D eigenvalue weighted by Gasteiger charge is -2.34. The van der Waals surface area contributed by atoms with Crippen molar-refractivity contribution in [2.45, 2.75) is 53.0 Å². The second-order valence-corrected chi connectivity index (χ2v) is 8.41. The number of amides is 1. The first-order valence-electron chi connectivity index (χ1n) is 10.9. The zero-order valence-electron chi connectivity index (χ0n) is 17.6. The van der Waals surface area contributed by atoms with Crippen molar-refractivity contribution in [1.82, 2.24) is 14.4 Å². The predicted molar refractivity (Wildman–Crippen MR) is 114 cm³/mol. The molecular weight excluding hydrogens is 346 g/mol. The van der Waals surface area contributed by atoms with Gasteiger partial charge < -0.3 is 14.4 Å². The number of likely N-dealkylation sites (N-methyl/N-ethyl adjacent to an activating group) is 1. The minimum absolute atomic E-state index is 0.232. The lowest BCUT2D eigenvalue weighted by atomic mass is 9.95. The number of rotatable bonds is 4. The molecule has 4 rings (SSSR count). The summed E-state index contributed by atoms with van der Waals surface area (Å²) in [7, 11) is 0. The molecule has 1 aliphatic carbocycles. The first kappa shape index (κ1) is 19.3. The van der Waals surface area contributed by atoms with Gasteiger partial charge in [0, 0.05) is 38.4 Å². The van der Waals surface area contributed by atoms with Crippen molar-refractivity contribution < 1.29 is 4.79 Å². The van der Waals surface area contributed by atoms with Crippen LogP contribution in [0.5, 0.6) is 0 Å². The van der Waals surface area contributed by atoms with E-state index < -0.39 is 0 Å². The summed E-state index contributed by atoms with van der Waals surface area (Å²) in [4.78, 5) is 18.1. The molecule has 0 radical (unpaired) electrons. The van der Waals surface area contributed by atoms with Crippen LogP contribution in [0.2, 0.25) is 0 Å². The smallest absolute Gasteiger partial charge is 0.270 e. The molecule has 1 fully saturated rings. The van der Waals surface area contributed by atoms with E-state index in [0.717, 1.165) is 57.8 Å². The van der Waals surface area contributed by atoms with Crippen LogP contribution in [0.4, 0.5) is 0 Å². The molecule has 2 heterocycles. The Bertz CT molecular complexity index is 859. The van der Waals surface area contributed by atoms with E-state index in [1.54, 1.807) is 0 Å². The fourth-order valence-electron chi connectivity index (χ4n) is 4.93. The summed E-state index contributed by atoms with van der Waals surface area (Å²) in [5.74, 6) is 0.232. The summed E-state index contributed by atoms with van der Waals surface area (Å²) in [6.07, 6.45) is 4.68. The van der Waals surface area contributed by atoms with Crippen LogP contribution in [0.25, 0.3) is 0 Å². The molecule has 1 aromatic heterocycles. The number of hydrogen-bond donors (Lipinski definition) is 0. The van der Waals surface area contributed by atoms with Gasteiger partial charge in [0.1, 0.15) is 5.69 Å². The van der Waals surface area contributed by atoms with Crippen molar-refractivity contribution in [1.29, 1.82) is 0 Å². The summed E-state index contributed by atoms with van der Waals surface area (Å²) in [5, 5.41) is 0. The summed E-state index contributed by atoms with van der Waals surface area (Å²) in [6, 6.07) is 8.70. The zero-order valence-corrected chi connectivity index (χ0v) is 17.6. The normalized spacial score (nSPS) is 17.6. The molecule has 1 amide bonds. The molecule has 0 atom stereocenters. The summed E-state index contributed by atoms with van der Waals surface area (Å²) < 4.78 is 2.35. The highest BCUT2D eigenvalue weighted by Gasteiger charge is 2.30. The first-order valence-corrected chi connectivity index (χ1v) is 10.9. The summed E-state index contributed by atoms with van der Waals surface area (Å²) in [5.41, 5.74) is 7.57. The number of piperazine rings is 1. The van der Waals surface area contributed by atoms with Gasteiger partial charge in [-0.2, -0.15) is 0 Å². The number of carbonyl (C=O) groups excluding carboxylic acids is 1. The molecule has 1 aliphatic heterocycles. The summed E-state index contributed by atoms with van der Waals surface area (Å²) >= 11 is 0. The van der Waals surface area contributed by atoms with Gasteiger partial charge in [-0.15, -0.1) is 0 Å². The Balaban J connectivity index is 1.69. The maximum Gasteiger partial charge on any atom is 0.270 e. The van der Waals surface area contributed by atoms with Gasteiger partial charge in [-0.3, -0.25) is 4.79 Å². The number of carbonyl (C=O) groups is 1. The third-order valence-electron chi connectivity index (χ3n) is 6.57. The quantitative estimate of drug-likeness (QED) is 0.808. The number of fused-ring (bicyclic) bond motifs is 1. The van der Waals surface area contributed by atoms with E-state index in [2.05, 4.69) is 59.4 Å². The zero-order chi connectivity index (χ0) is 19.7. The topological polar surface area (TPSA) is 28.5 Å². The number of nitrogens with zero attached hydrogens (tertiary/aromatic N) is 3. The molecule has 0 spiro atoms. The summed E-state index contributed by atoms with van der Waals surface area (Å²) in [6.45, 7) is 12.0. The van der Waals surface area contributed by atoms with E-state index in [1.165, 1.54) is 40.8 Å². The average Bonchev–Trinajstić information content (AvgIpc) is 2.99. The molecule has 1 aromatic carbocycles. The number of aromatic nitrogens is 1. The van der Waals surface area contributed by atoms with Gasteiger partial charge in [0.05, 0.1) is 0 Å². The molecule has 2 aromatic rings. The minimum atomic E-state index is 0.232. The molecule has 4 heteroatoms. The Morgan fingerprint density at radius 1 is 1.04 bits per heavy atom. The predicted octanol–water partition coefficient (Wildman–Crippen LogP) is 3.81. The van der Waals surface area contributed by atoms with Crippen LogP contribution in [-0.2, 0) is 19.4 Å². The standard InChI is InChI=1S/C24H33N3O/c1-4-25-12-14-26(15-13-25)24(28)23-19(3)21-10-5-6-11-22(21)27(23)17-20-9-7-8-18(2)16-20/h7-9,16H,4-6,10-15,17H2,1-3H3. The van der Waals surface area contributed by atoms with E-state index in [9.17, 15) is 4.79 Å². The molecule has 28 heavy (non-hydrogen) atoms. The SMILES string of the molecule is CCN1CCN(C(=O)c2c(C)c3c(n2Cc2cccc(C)c2)CCCC3)CC1. The van der Waals surface area contributed by atoms with E-state index in [0.29, 0.717) is 0 Å². The third kappa shape index (κ3) is 3.62. The van der Waals surface area contributed by atoms with Crippen molar-refractivity contribution >= 4 is 5.91 Å². The van der Waals surface area contributed by atoms with E-state index in [1.807, 2.05) is 0 Å². The molecule has 2 aliphatic rings. The van der Waals surface area contributed by atoms with E-state index in [4.69, 9.17) is 0 Å². The molecular formula is C24H33N3O. The van der Waals surface area contributed by atoms with Crippen LogP contribution in [-0.4, -0.2) is 53.0 Å². The Hall–Kier alpha value is -2.07. The largest absolute Gasteiger partial charge is 0.336 e. The van der Waals surface area contributed by atoms with Crippen LogP contribution in [0.1, 0.15) is 58.2 Å². The van der Waals surface area contributed by atoms with Crippen LogP contribution in [0.15, 0.2) is 24.3 Å². The Morgan fingerprint density at radius 2 is 1.79 bits per heavy atom. The van der Waals surface area contributed by atoms with Gasteiger partial charge in [0.15, 0.2) is 0 Å². The fraction of sp³-hybridized carbons (Fsp3) is 0.542. The Kier molecular flexibility index (Phi) is 5.58. The van der Waals surface area contributed by atoms with Gasteiger partial charge >= 0.3 is 0 Å². The molecule has 0 N–H and O–H groups in total. The van der Waals surface area contributed by atoms with Gasteiger partial charge in [-0.25, -0.2) is 0 Å². The first-order chi connectivity index (χ1) is 13.6. The highest BCUT2D eigenvalue weighted by molar-refractivity contribution is 5.95. The monoisotopic (exact) mass is 379 g/mol. The van der Waals surface area contributed by atoms with Crippen molar-refractivity contribution in [2.75, 3.05) is 32.7 Å². The molecule has 0 unspecified atom stereocenters. The lowest BCUT2D eigenvalue weighted by Crippen LogP contribution is -2.49. The number of benzene rings is 1. The van der Waals surface area contributed by atoms with Crippen molar-refractivity contribution in [3.63, 3.8) is 0 Å². The van der Waals surface area contributed by atoms with Gasteiger partial charge in [-0.05, 0) is 62.8 Å².